The van der Waals surface area contributed by atoms with Crippen LogP contribution >= 0.6 is 11.6 Å². The Morgan fingerprint density at radius 2 is 2.00 bits per heavy atom. The molecule has 0 fully saturated rings. The number of carboxylic acids is 1. The molecule has 8 heteroatoms. The summed E-state index contributed by atoms with van der Waals surface area (Å²) in [6.07, 6.45) is 2.62. The number of carbonyl (C=O) groups is 1. The summed E-state index contributed by atoms with van der Waals surface area (Å²) >= 11 is 6.08. The van der Waals surface area contributed by atoms with Crippen LogP contribution in [0.2, 0.25) is 5.02 Å². The summed E-state index contributed by atoms with van der Waals surface area (Å²) in [5.74, 6) is -1.10. The van der Waals surface area contributed by atoms with Crippen LogP contribution in [0, 0.1) is 5.82 Å². The van der Waals surface area contributed by atoms with E-state index in [-0.39, 0.29) is 10.6 Å². The summed E-state index contributed by atoms with van der Waals surface area (Å²) in [6, 6.07) is 9.80. The molecule has 0 radical (unpaired) electrons. The lowest BCUT2D eigenvalue weighted by Crippen LogP contribution is -2.03. The Bertz CT molecular complexity index is 957. The number of hydrogen-bond acceptors (Lipinski definition) is 4. The van der Waals surface area contributed by atoms with Crippen molar-refractivity contribution in [2.45, 2.75) is 19.4 Å². The Balaban J connectivity index is 1.67. The molecule has 2 aromatic carbocycles. The summed E-state index contributed by atoms with van der Waals surface area (Å²) in [5, 5.41) is 17.3. The van der Waals surface area contributed by atoms with E-state index in [0.29, 0.717) is 30.6 Å². The standard InChI is InChI=1S/C19H17ClFN3O3/c1-27-16-6-2-12(3-7-16)10-24-11-15(22-23-24)5-4-13-8-14(21)9-17(18(13)20)19(25)26/h2-3,6-9,11H,4-5,10H2,1H3,(H,25,26). The molecule has 1 heterocycles. The van der Waals surface area contributed by atoms with E-state index >= 15 is 0 Å². The van der Waals surface area contributed by atoms with E-state index in [1.54, 1.807) is 18.0 Å². The number of aromatic carboxylic acids is 1. The van der Waals surface area contributed by atoms with Gasteiger partial charge >= 0.3 is 5.97 Å². The Labute approximate surface area is 160 Å². The van der Waals surface area contributed by atoms with Crippen molar-refractivity contribution in [2.24, 2.45) is 0 Å². The topological polar surface area (TPSA) is 77.2 Å². The third-order valence-corrected chi connectivity index (χ3v) is 4.53. The van der Waals surface area contributed by atoms with Gasteiger partial charge in [0.15, 0.2) is 0 Å². The van der Waals surface area contributed by atoms with Crippen molar-refractivity contribution < 1.29 is 19.0 Å². The van der Waals surface area contributed by atoms with Gasteiger partial charge in [0.1, 0.15) is 11.6 Å². The summed E-state index contributed by atoms with van der Waals surface area (Å²) in [5.41, 5.74) is 1.95. The van der Waals surface area contributed by atoms with Crippen LogP contribution in [0.3, 0.4) is 0 Å². The van der Waals surface area contributed by atoms with Crippen LogP contribution in [-0.4, -0.2) is 33.2 Å². The first kappa shape index (κ1) is 18.8. The zero-order valence-electron chi connectivity index (χ0n) is 14.5. The number of hydrogen-bond donors (Lipinski definition) is 1. The average molecular weight is 390 g/mol. The molecular formula is C19H17ClFN3O3. The van der Waals surface area contributed by atoms with Crippen molar-refractivity contribution in [3.63, 3.8) is 0 Å². The summed E-state index contributed by atoms with van der Waals surface area (Å²) in [4.78, 5) is 11.1. The predicted molar refractivity (Wildman–Crippen MR) is 97.9 cm³/mol. The minimum Gasteiger partial charge on any atom is -0.497 e. The van der Waals surface area contributed by atoms with E-state index in [4.69, 9.17) is 21.4 Å². The number of aryl methyl sites for hydroxylation is 2. The molecule has 6 nitrogen and oxygen atoms in total. The lowest BCUT2D eigenvalue weighted by Gasteiger charge is -2.06. The fourth-order valence-electron chi connectivity index (χ4n) is 2.69. The van der Waals surface area contributed by atoms with Crippen LogP contribution in [0.25, 0.3) is 0 Å². The second-order valence-corrected chi connectivity index (χ2v) is 6.37. The number of methoxy groups -OCH3 is 1. The highest BCUT2D eigenvalue weighted by atomic mass is 35.5. The first-order valence-electron chi connectivity index (χ1n) is 8.19. The van der Waals surface area contributed by atoms with Gasteiger partial charge in [0.05, 0.1) is 29.9 Å². The number of carboxylic acid groups (broad SMARTS) is 1. The summed E-state index contributed by atoms with van der Waals surface area (Å²) in [6.45, 7) is 0.556. The van der Waals surface area contributed by atoms with E-state index in [0.717, 1.165) is 17.4 Å². The predicted octanol–water partition coefficient (Wildman–Crippen LogP) is 3.61. The molecule has 140 valence electrons. The number of nitrogens with zero attached hydrogens (tertiary/aromatic N) is 3. The van der Waals surface area contributed by atoms with Crippen LogP contribution in [0.1, 0.15) is 27.2 Å². The maximum absolute atomic E-state index is 13.6. The van der Waals surface area contributed by atoms with Crippen LogP contribution in [-0.2, 0) is 19.4 Å². The van der Waals surface area contributed by atoms with Crippen molar-refractivity contribution >= 4 is 17.6 Å². The second kappa shape index (κ2) is 8.18. The number of halogens is 2. The molecule has 0 spiro atoms. The fraction of sp³-hybridized carbons (Fsp3) is 0.211. The average Bonchev–Trinajstić information content (AvgIpc) is 3.10. The van der Waals surface area contributed by atoms with E-state index in [1.807, 2.05) is 24.3 Å². The summed E-state index contributed by atoms with van der Waals surface area (Å²) < 4.78 is 20.5. The van der Waals surface area contributed by atoms with Gasteiger partial charge in [0, 0.05) is 6.20 Å². The molecule has 1 aromatic heterocycles. The van der Waals surface area contributed by atoms with Crippen LogP contribution in [0.15, 0.2) is 42.6 Å². The van der Waals surface area contributed by atoms with Crippen LogP contribution in [0.4, 0.5) is 4.39 Å². The smallest absolute Gasteiger partial charge is 0.337 e. The van der Waals surface area contributed by atoms with Crippen molar-refractivity contribution in [3.8, 4) is 5.75 Å². The van der Waals surface area contributed by atoms with E-state index < -0.39 is 11.8 Å². The first-order valence-corrected chi connectivity index (χ1v) is 8.57. The van der Waals surface area contributed by atoms with Gasteiger partial charge in [0.25, 0.3) is 0 Å². The Kier molecular flexibility index (Phi) is 5.71. The lowest BCUT2D eigenvalue weighted by atomic mass is 10.0. The molecule has 0 unspecified atom stereocenters. The quantitative estimate of drug-likeness (QED) is 0.668. The van der Waals surface area contributed by atoms with Crippen molar-refractivity contribution in [3.05, 3.63) is 75.8 Å². The third-order valence-electron chi connectivity index (χ3n) is 4.08. The summed E-state index contributed by atoms with van der Waals surface area (Å²) in [7, 11) is 1.61. The van der Waals surface area contributed by atoms with Gasteiger partial charge in [-0.1, -0.05) is 28.9 Å². The number of benzene rings is 2. The molecule has 0 amide bonds. The van der Waals surface area contributed by atoms with Gasteiger partial charge in [-0.05, 0) is 48.2 Å². The van der Waals surface area contributed by atoms with Gasteiger partial charge in [-0.15, -0.1) is 5.10 Å². The number of rotatable bonds is 7. The molecule has 0 aliphatic heterocycles. The van der Waals surface area contributed by atoms with Gasteiger partial charge < -0.3 is 9.84 Å². The number of ether oxygens (including phenoxy) is 1. The van der Waals surface area contributed by atoms with Gasteiger partial charge in [-0.25, -0.2) is 13.9 Å². The molecule has 0 aliphatic rings. The van der Waals surface area contributed by atoms with Crippen molar-refractivity contribution in [2.75, 3.05) is 7.11 Å². The Morgan fingerprint density at radius 3 is 2.67 bits per heavy atom. The Hall–Kier alpha value is -2.93. The maximum atomic E-state index is 13.6. The molecule has 0 bridgehead atoms. The van der Waals surface area contributed by atoms with Crippen molar-refractivity contribution in [1.29, 1.82) is 0 Å². The number of aromatic nitrogens is 3. The van der Waals surface area contributed by atoms with Gasteiger partial charge in [-0.2, -0.15) is 0 Å². The molecule has 3 rings (SSSR count). The molecule has 1 N–H and O–H groups in total. The Morgan fingerprint density at radius 1 is 1.26 bits per heavy atom. The van der Waals surface area contributed by atoms with E-state index in [9.17, 15) is 9.18 Å². The maximum Gasteiger partial charge on any atom is 0.337 e. The van der Waals surface area contributed by atoms with E-state index in [1.165, 1.54) is 6.07 Å². The second-order valence-electron chi connectivity index (χ2n) is 5.99. The SMILES string of the molecule is COc1ccc(Cn2cc(CCc3cc(F)cc(C(=O)O)c3Cl)nn2)cc1. The first-order chi connectivity index (χ1) is 13.0. The molecule has 27 heavy (non-hydrogen) atoms. The van der Waals surface area contributed by atoms with E-state index in [2.05, 4.69) is 10.3 Å². The molecule has 0 saturated heterocycles. The molecule has 0 aliphatic carbocycles. The fourth-order valence-corrected chi connectivity index (χ4v) is 2.98. The zero-order valence-corrected chi connectivity index (χ0v) is 15.3. The monoisotopic (exact) mass is 389 g/mol. The molecule has 0 saturated carbocycles. The van der Waals surface area contributed by atoms with Crippen LogP contribution in [0.5, 0.6) is 5.75 Å². The van der Waals surface area contributed by atoms with Gasteiger partial charge in [0.2, 0.25) is 0 Å². The van der Waals surface area contributed by atoms with Crippen molar-refractivity contribution in [1.82, 2.24) is 15.0 Å². The van der Waals surface area contributed by atoms with Gasteiger partial charge in [-0.3, -0.25) is 0 Å². The minimum atomic E-state index is -1.26. The highest BCUT2D eigenvalue weighted by Gasteiger charge is 2.15. The van der Waals surface area contributed by atoms with Crippen LogP contribution < -0.4 is 4.74 Å². The highest BCUT2D eigenvalue weighted by molar-refractivity contribution is 6.34. The normalized spacial score (nSPS) is 10.8. The molecular weight excluding hydrogens is 373 g/mol. The largest absolute Gasteiger partial charge is 0.497 e. The third kappa shape index (κ3) is 4.62. The zero-order chi connectivity index (χ0) is 19.4. The lowest BCUT2D eigenvalue weighted by molar-refractivity contribution is 0.0696. The molecule has 3 aromatic rings. The minimum absolute atomic E-state index is 0.0505. The highest BCUT2D eigenvalue weighted by Crippen LogP contribution is 2.24. The molecule has 0 atom stereocenters.